The van der Waals surface area contributed by atoms with E-state index in [1.54, 1.807) is 5.57 Å². The maximum atomic E-state index is 12.5. The normalized spacial score (nSPS) is 51.1. The van der Waals surface area contributed by atoms with Gasteiger partial charge in [-0.05, 0) is 73.2 Å². The van der Waals surface area contributed by atoms with Crippen LogP contribution >= 0.6 is 0 Å². The molecule has 4 aliphatic rings. The van der Waals surface area contributed by atoms with Crippen molar-refractivity contribution in [3.8, 4) is 0 Å². The van der Waals surface area contributed by atoms with Crippen molar-refractivity contribution >= 4 is 5.78 Å². The standard InChI is InChI=1S/C20H30O/c1-17(2)8-5-9-19(4)15(17)7-6-14-12-16(21)18(3)10-11-20(14,19)13-18/h12,15H,5-11,13H2,1-4H3/t15-,18-,19-,20-/m0/s1. The van der Waals surface area contributed by atoms with E-state index in [9.17, 15) is 4.79 Å². The van der Waals surface area contributed by atoms with Crippen LogP contribution in [-0.2, 0) is 4.79 Å². The molecule has 0 aliphatic heterocycles. The van der Waals surface area contributed by atoms with E-state index < -0.39 is 0 Å². The van der Waals surface area contributed by atoms with E-state index in [1.807, 2.05) is 0 Å². The average molecular weight is 286 g/mol. The van der Waals surface area contributed by atoms with Gasteiger partial charge in [0.25, 0.3) is 0 Å². The average Bonchev–Trinajstić information content (AvgIpc) is 2.70. The fourth-order valence-electron chi connectivity index (χ4n) is 7.16. The van der Waals surface area contributed by atoms with Gasteiger partial charge in [0.1, 0.15) is 0 Å². The van der Waals surface area contributed by atoms with Gasteiger partial charge in [-0.25, -0.2) is 0 Å². The molecule has 4 atom stereocenters. The maximum Gasteiger partial charge on any atom is 0.161 e. The summed E-state index contributed by atoms with van der Waals surface area (Å²) >= 11 is 0. The van der Waals surface area contributed by atoms with Gasteiger partial charge in [0.05, 0.1) is 0 Å². The fraction of sp³-hybridized carbons (Fsp3) is 0.850. The minimum absolute atomic E-state index is 0.0456. The summed E-state index contributed by atoms with van der Waals surface area (Å²) in [6.07, 6.45) is 12.3. The van der Waals surface area contributed by atoms with E-state index in [1.165, 1.54) is 38.5 Å². The topological polar surface area (TPSA) is 17.1 Å². The molecule has 1 heteroatoms. The molecule has 2 bridgehead atoms. The second-order valence-corrected chi connectivity index (χ2v) is 9.70. The number of hydrogen-bond acceptors (Lipinski definition) is 1. The Morgan fingerprint density at radius 1 is 1.05 bits per heavy atom. The lowest BCUT2D eigenvalue weighted by Gasteiger charge is -2.64. The lowest BCUT2D eigenvalue weighted by Crippen LogP contribution is -2.56. The van der Waals surface area contributed by atoms with Gasteiger partial charge in [-0.1, -0.05) is 39.7 Å². The molecule has 0 aromatic carbocycles. The highest BCUT2D eigenvalue weighted by molar-refractivity contribution is 5.97. The van der Waals surface area contributed by atoms with Gasteiger partial charge in [-0.15, -0.1) is 0 Å². The summed E-state index contributed by atoms with van der Waals surface area (Å²) in [5, 5.41) is 0. The van der Waals surface area contributed by atoms with Gasteiger partial charge in [0.2, 0.25) is 0 Å². The Labute approximate surface area is 129 Å². The van der Waals surface area contributed by atoms with Crippen LogP contribution in [0.2, 0.25) is 0 Å². The lowest BCUT2D eigenvalue weighted by molar-refractivity contribution is -0.130. The smallest absolute Gasteiger partial charge is 0.161 e. The van der Waals surface area contributed by atoms with Gasteiger partial charge >= 0.3 is 0 Å². The first kappa shape index (κ1) is 14.0. The summed E-state index contributed by atoms with van der Waals surface area (Å²) in [6.45, 7) is 9.83. The van der Waals surface area contributed by atoms with E-state index in [0.717, 1.165) is 18.8 Å². The number of hydrogen-bond donors (Lipinski definition) is 0. The third kappa shape index (κ3) is 1.51. The minimum Gasteiger partial charge on any atom is -0.294 e. The Morgan fingerprint density at radius 2 is 1.81 bits per heavy atom. The Morgan fingerprint density at radius 3 is 2.57 bits per heavy atom. The van der Waals surface area contributed by atoms with E-state index >= 15 is 0 Å². The Balaban J connectivity index is 1.87. The highest BCUT2D eigenvalue weighted by atomic mass is 16.1. The molecule has 0 unspecified atom stereocenters. The molecule has 3 fully saturated rings. The van der Waals surface area contributed by atoms with Crippen LogP contribution in [0.15, 0.2) is 11.6 Å². The molecule has 0 amide bonds. The third-order valence-electron chi connectivity index (χ3n) is 8.34. The van der Waals surface area contributed by atoms with E-state index in [2.05, 4.69) is 33.8 Å². The molecule has 0 aromatic heterocycles. The molecule has 0 heterocycles. The number of ketones is 1. The van der Waals surface area contributed by atoms with Crippen molar-refractivity contribution < 1.29 is 4.79 Å². The molecule has 116 valence electrons. The van der Waals surface area contributed by atoms with Crippen molar-refractivity contribution in [3.63, 3.8) is 0 Å². The van der Waals surface area contributed by atoms with Crippen LogP contribution in [-0.4, -0.2) is 5.78 Å². The first-order valence-corrected chi connectivity index (χ1v) is 8.99. The summed E-state index contributed by atoms with van der Waals surface area (Å²) in [7, 11) is 0. The summed E-state index contributed by atoms with van der Waals surface area (Å²) in [4.78, 5) is 12.5. The lowest BCUT2D eigenvalue weighted by atomic mass is 9.40. The highest BCUT2D eigenvalue weighted by Crippen LogP contribution is 2.74. The predicted molar refractivity (Wildman–Crippen MR) is 85.9 cm³/mol. The zero-order valence-electron chi connectivity index (χ0n) is 14.2. The van der Waals surface area contributed by atoms with Crippen LogP contribution in [0.5, 0.6) is 0 Å². The van der Waals surface area contributed by atoms with Gasteiger partial charge in [0.15, 0.2) is 5.78 Å². The van der Waals surface area contributed by atoms with Crippen molar-refractivity contribution in [1.82, 2.24) is 0 Å². The van der Waals surface area contributed by atoms with Gasteiger partial charge in [0, 0.05) is 5.41 Å². The van der Waals surface area contributed by atoms with Gasteiger partial charge in [-0.3, -0.25) is 4.79 Å². The second-order valence-electron chi connectivity index (χ2n) is 9.70. The van der Waals surface area contributed by atoms with E-state index in [-0.39, 0.29) is 5.41 Å². The van der Waals surface area contributed by atoms with E-state index in [0.29, 0.717) is 22.0 Å². The van der Waals surface area contributed by atoms with Gasteiger partial charge in [-0.2, -0.15) is 0 Å². The highest BCUT2D eigenvalue weighted by Gasteiger charge is 2.66. The number of allylic oxidation sites excluding steroid dienone is 2. The van der Waals surface area contributed by atoms with Crippen LogP contribution in [0.1, 0.15) is 79.1 Å². The molecule has 3 saturated carbocycles. The molecule has 21 heavy (non-hydrogen) atoms. The molecular weight excluding hydrogens is 256 g/mol. The molecule has 4 rings (SSSR count). The van der Waals surface area contributed by atoms with Crippen molar-refractivity contribution in [2.24, 2.45) is 27.6 Å². The third-order valence-corrected chi connectivity index (χ3v) is 8.34. The first-order valence-electron chi connectivity index (χ1n) is 8.99. The monoisotopic (exact) mass is 286 g/mol. The molecule has 0 N–H and O–H groups in total. The molecule has 4 aliphatic carbocycles. The zero-order valence-corrected chi connectivity index (χ0v) is 14.2. The Hall–Kier alpha value is -0.590. The van der Waals surface area contributed by atoms with Crippen LogP contribution in [0.4, 0.5) is 0 Å². The predicted octanol–water partition coefficient (Wildman–Crippen LogP) is 5.30. The van der Waals surface area contributed by atoms with Gasteiger partial charge < -0.3 is 0 Å². The summed E-state index contributed by atoms with van der Waals surface area (Å²) < 4.78 is 0. The fourth-order valence-corrected chi connectivity index (χ4v) is 7.16. The largest absolute Gasteiger partial charge is 0.294 e. The van der Waals surface area contributed by atoms with Crippen LogP contribution in [0.25, 0.3) is 0 Å². The number of carbonyl (C=O) groups excluding carboxylic acids is 1. The molecular formula is C20H30O. The second kappa shape index (κ2) is 3.84. The summed E-state index contributed by atoms with van der Waals surface area (Å²) in [5.74, 6) is 1.27. The summed E-state index contributed by atoms with van der Waals surface area (Å²) in [6, 6.07) is 0. The Kier molecular flexibility index (Phi) is 2.56. The van der Waals surface area contributed by atoms with E-state index in [4.69, 9.17) is 0 Å². The summed E-state index contributed by atoms with van der Waals surface area (Å²) in [5.41, 5.74) is 2.76. The van der Waals surface area contributed by atoms with Crippen LogP contribution in [0.3, 0.4) is 0 Å². The van der Waals surface area contributed by atoms with Crippen LogP contribution < -0.4 is 0 Å². The minimum atomic E-state index is -0.0456. The molecule has 0 radical (unpaired) electrons. The van der Waals surface area contributed by atoms with Crippen molar-refractivity contribution in [2.75, 3.05) is 0 Å². The molecule has 0 saturated heterocycles. The number of carbonyl (C=O) groups is 1. The number of fused-ring (bicyclic) bond motifs is 2. The quantitative estimate of drug-likeness (QED) is 0.590. The molecule has 1 spiro atoms. The number of rotatable bonds is 0. The van der Waals surface area contributed by atoms with Crippen molar-refractivity contribution in [1.29, 1.82) is 0 Å². The van der Waals surface area contributed by atoms with Crippen LogP contribution in [0, 0.1) is 27.6 Å². The zero-order chi connectivity index (χ0) is 15.1. The molecule has 1 nitrogen and oxygen atoms in total. The first-order chi connectivity index (χ1) is 9.74. The van der Waals surface area contributed by atoms with Crippen molar-refractivity contribution in [2.45, 2.75) is 79.1 Å². The Bertz CT molecular complexity index is 542. The molecule has 0 aromatic rings. The maximum absolute atomic E-state index is 12.5. The van der Waals surface area contributed by atoms with Crippen molar-refractivity contribution in [3.05, 3.63) is 11.6 Å². The SMILES string of the molecule is CC1(C)CCC[C@@]2(C)[C@H]1CCC1=CC(=O)[C@@]3(C)CC[C@]12C3.